The lowest BCUT2D eigenvalue weighted by atomic mass is 9.81. The minimum Gasteiger partial charge on any atom is -0.298 e. The summed E-state index contributed by atoms with van der Waals surface area (Å²) in [5.74, 6) is 1.63. The SMILES string of the molecule is O=C1C(Br)CC2CCCCC12. The zero-order chi connectivity index (χ0) is 7.84. The average molecular weight is 217 g/mol. The first-order valence-corrected chi connectivity index (χ1v) is 5.38. The average Bonchev–Trinajstić information content (AvgIpc) is 2.30. The second-order valence-corrected chi connectivity index (χ2v) is 4.86. The molecule has 0 heterocycles. The molecule has 11 heavy (non-hydrogen) atoms. The van der Waals surface area contributed by atoms with Gasteiger partial charge >= 0.3 is 0 Å². The maximum Gasteiger partial charge on any atom is 0.149 e. The van der Waals surface area contributed by atoms with Crippen LogP contribution < -0.4 is 0 Å². The van der Waals surface area contributed by atoms with Crippen molar-refractivity contribution in [3.8, 4) is 0 Å². The molecule has 0 saturated heterocycles. The van der Waals surface area contributed by atoms with Gasteiger partial charge in [-0.1, -0.05) is 28.8 Å². The van der Waals surface area contributed by atoms with Crippen LogP contribution in [-0.4, -0.2) is 10.6 Å². The third-order valence-electron chi connectivity index (χ3n) is 3.09. The Labute approximate surface area is 75.7 Å². The summed E-state index contributed by atoms with van der Waals surface area (Å²) >= 11 is 3.44. The van der Waals surface area contributed by atoms with Crippen LogP contribution in [0.3, 0.4) is 0 Å². The van der Waals surface area contributed by atoms with Gasteiger partial charge < -0.3 is 0 Å². The van der Waals surface area contributed by atoms with Crippen molar-refractivity contribution in [2.24, 2.45) is 11.8 Å². The van der Waals surface area contributed by atoms with Crippen LogP contribution in [0.15, 0.2) is 0 Å². The van der Waals surface area contributed by atoms with Gasteiger partial charge in [0.25, 0.3) is 0 Å². The second kappa shape index (κ2) is 2.89. The van der Waals surface area contributed by atoms with Crippen LogP contribution in [0.1, 0.15) is 32.1 Å². The van der Waals surface area contributed by atoms with E-state index in [1.54, 1.807) is 0 Å². The van der Waals surface area contributed by atoms with Crippen molar-refractivity contribution in [1.29, 1.82) is 0 Å². The van der Waals surface area contributed by atoms with Crippen molar-refractivity contribution < 1.29 is 4.79 Å². The Bertz CT molecular complexity index is 178. The Kier molecular flexibility index (Phi) is 2.04. The number of rotatable bonds is 0. The van der Waals surface area contributed by atoms with Crippen LogP contribution in [0.2, 0.25) is 0 Å². The third-order valence-corrected chi connectivity index (χ3v) is 3.92. The van der Waals surface area contributed by atoms with Gasteiger partial charge in [-0.05, 0) is 25.2 Å². The minimum absolute atomic E-state index is 0.190. The summed E-state index contributed by atoms with van der Waals surface area (Å²) in [6, 6.07) is 0. The smallest absolute Gasteiger partial charge is 0.149 e. The molecule has 3 atom stereocenters. The number of hydrogen-bond donors (Lipinski definition) is 0. The summed E-state index contributed by atoms with van der Waals surface area (Å²) in [7, 11) is 0. The van der Waals surface area contributed by atoms with E-state index in [-0.39, 0.29) is 4.83 Å². The molecule has 2 fully saturated rings. The first-order chi connectivity index (χ1) is 5.29. The normalized spacial score (nSPS) is 44.1. The van der Waals surface area contributed by atoms with Crippen LogP contribution in [0, 0.1) is 11.8 Å². The second-order valence-electron chi connectivity index (χ2n) is 3.76. The number of Topliss-reactive ketones (excluding diaryl/α,β-unsaturated/α-hetero) is 1. The Morgan fingerprint density at radius 3 is 2.73 bits per heavy atom. The number of fused-ring (bicyclic) bond motifs is 1. The van der Waals surface area contributed by atoms with E-state index in [4.69, 9.17) is 0 Å². The van der Waals surface area contributed by atoms with E-state index in [2.05, 4.69) is 15.9 Å². The van der Waals surface area contributed by atoms with Crippen LogP contribution >= 0.6 is 15.9 Å². The lowest BCUT2D eigenvalue weighted by molar-refractivity contribution is -0.121. The molecule has 62 valence electrons. The zero-order valence-electron chi connectivity index (χ0n) is 6.55. The van der Waals surface area contributed by atoms with E-state index in [0.29, 0.717) is 11.7 Å². The number of alkyl halides is 1. The Morgan fingerprint density at radius 2 is 2.00 bits per heavy atom. The first-order valence-electron chi connectivity index (χ1n) is 4.47. The molecule has 0 spiro atoms. The van der Waals surface area contributed by atoms with Crippen molar-refractivity contribution >= 4 is 21.7 Å². The summed E-state index contributed by atoms with van der Waals surface area (Å²) in [6.45, 7) is 0. The highest BCUT2D eigenvalue weighted by atomic mass is 79.9. The van der Waals surface area contributed by atoms with E-state index in [1.807, 2.05) is 0 Å². The molecule has 2 aliphatic rings. The van der Waals surface area contributed by atoms with E-state index in [0.717, 1.165) is 18.8 Å². The van der Waals surface area contributed by atoms with Crippen molar-refractivity contribution in [3.63, 3.8) is 0 Å². The number of halogens is 1. The number of carbonyl (C=O) groups excluding carboxylic acids is 1. The van der Waals surface area contributed by atoms with Gasteiger partial charge in [-0.15, -0.1) is 0 Å². The lowest BCUT2D eigenvalue weighted by Gasteiger charge is -2.22. The minimum atomic E-state index is 0.190. The largest absolute Gasteiger partial charge is 0.298 e. The van der Waals surface area contributed by atoms with Gasteiger partial charge in [-0.25, -0.2) is 0 Å². The Morgan fingerprint density at radius 1 is 1.27 bits per heavy atom. The summed E-state index contributed by atoms with van der Waals surface area (Å²) < 4.78 is 0. The van der Waals surface area contributed by atoms with Crippen LogP contribution in [0.4, 0.5) is 0 Å². The number of hydrogen-bond acceptors (Lipinski definition) is 1. The Balaban J connectivity index is 2.11. The van der Waals surface area contributed by atoms with Crippen molar-refractivity contribution in [2.75, 3.05) is 0 Å². The van der Waals surface area contributed by atoms with Gasteiger partial charge in [0.1, 0.15) is 5.78 Å². The predicted octanol–water partition coefficient (Wildman–Crippen LogP) is 2.53. The molecule has 0 bridgehead atoms. The number of carbonyl (C=O) groups is 1. The maximum atomic E-state index is 11.5. The summed E-state index contributed by atoms with van der Waals surface area (Å²) in [6.07, 6.45) is 6.16. The van der Waals surface area contributed by atoms with E-state index in [1.165, 1.54) is 19.3 Å². The van der Waals surface area contributed by atoms with Crippen molar-refractivity contribution in [1.82, 2.24) is 0 Å². The molecule has 0 radical (unpaired) electrons. The first kappa shape index (κ1) is 7.78. The van der Waals surface area contributed by atoms with Crippen LogP contribution in [-0.2, 0) is 4.79 Å². The molecule has 0 aliphatic heterocycles. The highest BCUT2D eigenvalue weighted by Crippen LogP contribution is 2.42. The summed E-state index contributed by atoms with van der Waals surface area (Å²) in [5, 5.41) is 0. The van der Waals surface area contributed by atoms with Gasteiger partial charge in [0.05, 0.1) is 4.83 Å². The van der Waals surface area contributed by atoms with Crippen LogP contribution in [0.25, 0.3) is 0 Å². The van der Waals surface area contributed by atoms with E-state index < -0.39 is 0 Å². The molecular formula is C9H13BrO. The molecule has 0 aromatic rings. The molecule has 2 heteroatoms. The molecule has 0 amide bonds. The van der Waals surface area contributed by atoms with Gasteiger partial charge in [0.15, 0.2) is 0 Å². The summed E-state index contributed by atoms with van der Waals surface area (Å²) in [4.78, 5) is 11.7. The van der Waals surface area contributed by atoms with Gasteiger partial charge in [-0.2, -0.15) is 0 Å². The van der Waals surface area contributed by atoms with E-state index >= 15 is 0 Å². The molecule has 0 aromatic carbocycles. The molecule has 2 saturated carbocycles. The fourth-order valence-corrected chi connectivity index (χ4v) is 3.30. The third kappa shape index (κ3) is 1.26. The topological polar surface area (TPSA) is 17.1 Å². The maximum absolute atomic E-state index is 11.5. The predicted molar refractivity (Wildman–Crippen MR) is 47.8 cm³/mol. The zero-order valence-corrected chi connectivity index (χ0v) is 8.14. The highest BCUT2D eigenvalue weighted by molar-refractivity contribution is 9.10. The fourth-order valence-electron chi connectivity index (χ4n) is 2.48. The molecule has 0 aromatic heterocycles. The van der Waals surface area contributed by atoms with Crippen molar-refractivity contribution in [2.45, 2.75) is 36.9 Å². The molecule has 0 N–H and O–H groups in total. The number of ketones is 1. The highest BCUT2D eigenvalue weighted by Gasteiger charge is 2.41. The molecule has 3 unspecified atom stereocenters. The molecule has 1 nitrogen and oxygen atoms in total. The molecule has 2 aliphatic carbocycles. The monoisotopic (exact) mass is 216 g/mol. The van der Waals surface area contributed by atoms with E-state index in [9.17, 15) is 4.79 Å². The van der Waals surface area contributed by atoms with Gasteiger partial charge in [0, 0.05) is 5.92 Å². The summed E-state index contributed by atoms with van der Waals surface area (Å²) in [5.41, 5.74) is 0. The molecular weight excluding hydrogens is 204 g/mol. The molecule has 2 rings (SSSR count). The van der Waals surface area contributed by atoms with Crippen molar-refractivity contribution in [3.05, 3.63) is 0 Å². The Hall–Kier alpha value is 0.150. The standard InChI is InChI=1S/C9H13BrO/c10-8-5-6-3-1-2-4-7(6)9(8)11/h6-8H,1-5H2. The lowest BCUT2D eigenvalue weighted by Crippen LogP contribution is -2.20. The van der Waals surface area contributed by atoms with Gasteiger partial charge in [0.2, 0.25) is 0 Å². The fraction of sp³-hybridized carbons (Fsp3) is 0.889. The quantitative estimate of drug-likeness (QED) is 0.570. The van der Waals surface area contributed by atoms with Crippen LogP contribution in [0.5, 0.6) is 0 Å². The van der Waals surface area contributed by atoms with Gasteiger partial charge in [-0.3, -0.25) is 4.79 Å².